The first-order chi connectivity index (χ1) is 12.3. The van der Waals surface area contributed by atoms with Gasteiger partial charge in [0.15, 0.2) is 12.4 Å². The molecule has 1 heterocycles. The Hall–Kier alpha value is -2.90. The van der Waals surface area contributed by atoms with Crippen molar-refractivity contribution in [3.8, 4) is 5.75 Å². The Morgan fingerprint density at radius 2 is 1.88 bits per heavy atom. The minimum Gasteiger partial charge on any atom is -0.497 e. The Labute approximate surface area is 150 Å². The molecular formula is C18H20N2O6. The van der Waals surface area contributed by atoms with Crippen LogP contribution in [0.1, 0.15) is 30.1 Å². The molecule has 1 saturated carbocycles. The molecule has 1 aromatic carbocycles. The van der Waals surface area contributed by atoms with Gasteiger partial charge in [0.25, 0.3) is 5.91 Å². The number of carbonyl (C=O) groups is 4. The fraction of sp³-hybridized carbons (Fsp3) is 0.444. The Morgan fingerprint density at radius 3 is 2.46 bits per heavy atom. The smallest absolute Gasteiger partial charge is 0.326 e. The summed E-state index contributed by atoms with van der Waals surface area (Å²) in [6.07, 6.45) is 1.74. The number of hydrogen-bond acceptors (Lipinski definition) is 6. The summed E-state index contributed by atoms with van der Waals surface area (Å²) < 4.78 is 9.93. The van der Waals surface area contributed by atoms with Crippen LogP contribution < -0.4 is 10.1 Å². The number of hydrogen-bond donors (Lipinski definition) is 1. The zero-order valence-corrected chi connectivity index (χ0v) is 14.6. The van der Waals surface area contributed by atoms with Crippen LogP contribution in [-0.2, 0) is 14.3 Å². The summed E-state index contributed by atoms with van der Waals surface area (Å²) in [5, 5.41) is 2.65. The van der Waals surface area contributed by atoms with Gasteiger partial charge in [-0.1, -0.05) is 0 Å². The topological polar surface area (TPSA) is 102 Å². The average Bonchev–Trinajstić information content (AvgIpc) is 3.46. The van der Waals surface area contributed by atoms with Gasteiger partial charge in [-0.05, 0) is 49.9 Å². The van der Waals surface area contributed by atoms with E-state index in [0.29, 0.717) is 11.3 Å². The van der Waals surface area contributed by atoms with E-state index >= 15 is 0 Å². The Morgan fingerprint density at radius 1 is 1.23 bits per heavy atom. The first kappa shape index (κ1) is 17.9. The minimum absolute atomic E-state index is 0.108. The van der Waals surface area contributed by atoms with Crippen molar-refractivity contribution in [3.05, 3.63) is 29.8 Å². The van der Waals surface area contributed by atoms with Crippen LogP contribution in [0.15, 0.2) is 24.3 Å². The van der Waals surface area contributed by atoms with E-state index in [2.05, 4.69) is 5.32 Å². The second-order valence-corrected chi connectivity index (χ2v) is 6.61. The number of urea groups is 1. The molecule has 1 N–H and O–H groups in total. The van der Waals surface area contributed by atoms with Crippen LogP contribution in [0.4, 0.5) is 4.79 Å². The fourth-order valence-electron chi connectivity index (χ4n) is 2.98. The van der Waals surface area contributed by atoms with Gasteiger partial charge in [0.05, 0.1) is 7.11 Å². The summed E-state index contributed by atoms with van der Waals surface area (Å²) in [7, 11) is 1.52. The molecule has 3 rings (SSSR count). The molecular weight excluding hydrogens is 340 g/mol. The van der Waals surface area contributed by atoms with E-state index in [4.69, 9.17) is 9.47 Å². The van der Waals surface area contributed by atoms with Crippen molar-refractivity contribution in [2.75, 3.05) is 20.3 Å². The number of esters is 1. The standard InChI is InChI=1S/C18H20N2O6/c1-18(12-5-6-12)16(23)20(17(24)19-18)9-15(22)26-10-14(21)11-3-7-13(25-2)8-4-11/h3-4,7-8,12H,5-6,9-10H2,1-2H3,(H,19,24)/t18-/m0/s1. The molecule has 0 aromatic heterocycles. The normalized spacial score (nSPS) is 22.2. The van der Waals surface area contributed by atoms with E-state index in [9.17, 15) is 19.2 Å². The van der Waals surface area contributed by atoms with Crippen molar-refractivity contribution in [3.63, 3.8) is 0 Å². The largest absolute Gasteiger partial charge is 0.497 e. The molecule has 0 bridgehead atoms. The van der Waals surface area contributed by atoms with Gasteiger partial charge in [0, 0.05) is 5.56 Å². The van der Waals surface area contributed by atoms with Crippen molar-refractivity contribution in [1.82, 2.24) is 10.2 Å². The highest BCUT2D eigenvalue weighted by molar-refractivity contribution is 6.09. The third-order valence-electron chi connectivity index (χ3n) is 4.76. The Balaban J connectivity index is 1.53. The second-order valence-electron chi connectivity index (χ2n) is 6.61. The summed E-state index contributed by atoms with van der Waals surface area (Å²) in [4.78, 5) is 49.3. The predicted molar refractivity (Wildman–Crippen MR) is 89.7 cm³/mol. The number of amides is 3. The molecule has 0 spiro atoms. The van der Waals surface area contributed by atoms with E-state index < -0.39 is 36.6 Å². The summed E-state index contributed by atoms with van der Waals surface area (Å²) >= 11 is 0. The highest BCUT2D eigenvalue weighted by Gasteiger charge is 2.56. The molecule has 8 heteroatoms. The first-order valence-electron chi connectivity index (χ1n) is 8.32. The van der Waals surface area contributed by atoms with Gasteiger partial charge in [-0.2, -0.15) is 0 Å². The summed E-state index contributed by atoms with van der Waals surface area (Å²) in [5.74, 6) is -0.910. The molecule has 1 saturated heterocycles. The van der Waals surface area contributed by atoms with E-state index in [1.165, 1.54) is 7.11 Å². The number of benzene rings is 1. The lowest BCUT2D eigenvalue weighted by Gasteiger charge is -2.20. The van der Waals surface area contributed by atoms with Crippen molar-refractivity contribution in [1.29, 1.82) is 0 Å². The number of nitrogens with one attached hydrogen (secondary N) is 1. The molecule has 0 unspecified atom stereocenters. The van der Waals surface area contributed by atoms with Crippen molar-refractivity contribution in [2.24, 2.45) is 5.92 Å². The maximum Gasteiger partial charge on any atom is 0.326 e. The third kappa shape index (κ3) is 3.40. The maximum atomic E-state index is 12.4. The molecule has 8 nitrogen and oxygen atoms in total. The lowest BCUT2D eigenvalue weighted by Crippen LogP contribution is -2.46. The Bertz CT molecular complexity index is 755. The molecule has 0 radical (unpaired) electrons. The first-order valence-corrected chi connectivity index (χ1v) is 8.32. The number of imide groups is 1. The van der Waals surface area contributed by atoms with Gasteiger partial charge in [-0.25, -0.2) is 4.79 Å². The molecule has 138 valence electrons. The van der Waals surface area contributed by atoms with Crippen molar-refractivity contribution in [2.45, 2.75) is 25.3 Å². The SMILES string of the molecule is COc1ccc(C(=O)COC(=O)CN2C(=O)N[C@@](C)(C3CC3)C2=O)cc1. The van der Waals surface area contributed by atoms with Gasteiger partial charge >= 0.3 is 12.0 Å². The molecule has 1 aliphatic heterocycles. The van der Waals surface area contributed by atoms with Gasteiger partial charge < -0.3 is 14.8 Å². The lowest BCUT2D eigenvalue weighted by atomic mass is 9.96. The summed E-state index contributed by atoms with van der Waals surface area (Å²) in [6.45, 7) is 0.695. The summed E-state index contributed by atoms with van der Waals surface area (Å²) in [6, 6.07) is 5.77. The number of rotatable bonds is 7. The summed E-state index contributed by atoms with van der Waals surface area (Å²) in [5.41, 5.74) is -0.578. The minimum atomic E-state index is -0.948. The molecule has 1 aliphatic carbocycles. The lowest BCUT2D eigenvalue weighted by molar-refractivity contribution is -0.146. The second kappa shape index (κ2) is 6.78. The van der Waals surface area contributed by atoms with E-state index in [-0.39, 0.29) is 11.7 Å². The highest BCUT2D eigenvalue weighted by Crippen LogP contribution is 2.42. The van der Waals surface area contributed by atoms with Crippen molar-refractivity contribution < 1.29 is 28.7 Å². The van der Waals surface area contributed by atoms with E-state index in [1.807, 2.05) is 0 Å². The van der Waals surface area contributed by atoms with Crippen LogP contribution in [0.2, 0.25) is 0 Å². The zero-order valence-electron chi connectivity index (χ0n) is 14.6. The molecule has 1 aromatic rings. The number of carbonyl (C=O) groups excluding carboxylic acids is 4. The van der Waals surface area contributed by atoms with Crippen LogP contribution in [0.25, 0.3) is 0 Å². The molecule has 3 amide bonds. The maximum absolute atomic E-state index is 12.4. The number of ether oxygens (including phenoxy) is 2. The van der Waals surface area contributed by atoms with Gasteiger partial charge in [-0.3, -0.25) is 19.3 Å². The van der Waals surface area contributed by atoms with Crippen LogP contribution >= 0.6 is 0 Å². The highest BCUT2D eigenvalue weighted by atomic mass is 16.5. The fourth-order valence-corrected chi connectivity index (χ4v) is 2.98. The van der Waals surface area contributed by atoms with E-state index in [0.717, 1.165) is 17.7 Å². The van der Waals surface area contributed by atoms with E-state index in [1.54, 1.807) is 31.2 Å². The number of ketones is 1. The third-order valence-corrected chi connectivity index (χ3v) is 4.76. The molecule has 2 aliphatic rings. The van der Waals surface area contributed by atoms with Crippen LogP contribution in [-0.4, -0.2) is 54.4 Å². The number of nitrogens with zero attached hydrogens (tertiary/aromatic N) is 1. The van der Waals surface area contributed by atoms with Crippen LogP contribution in [0, 0.1) is 5.92 Å². The zero-order chi connectivity index (χ0) is 18.9. The monoisotopic (exact) mass is 360 g/mol. The molecule has 1 atom stereocenters. The quantitative estimate of drug-likeness (QED) is 0.444. The number of Topliss-reactive ketones (excluding diaryl/α,β-unsaturated/α-hetero) is 1. The van der Waals surface area contributed by atoms with Gasteiger partial charge in [0.2, 0.25) is 0 Å². The predicted octanol–water partition coefficient (Wildman–Crippen LogP) is 1.14. The van der Waals surface area contributed by atoms with Crippen LogP contribution in [0.3, 0.4) is 0 Å². The van der Waals surface area contributed by atoms with Crippen LogP contribution in [0.5, 0.6) is 5.75 Å². The van der Waals surface area contributed by atoms with Gasteiger partial charge in [0.1, 0.15) is 17.8 Å². The number of methoxy groups -OCH3 is 1. The average molecular weight is 360 g/mol. The van der Waals surface area contributed by atoms with Gasteiger partial charge in [-0.15, -0.1) is 0 Å². The molecule has 2 fully saturated rings. The Kier molecular flexibility index (Phi) is 4.67. The molecule has 26 heavy (non-hydrogen) atoms. The van der Waals surface area contributed by atoms with Crippen molar-refractivity contribution >= 4 is 23.7 Å².